The summed E-state index contributed by atoms with van der Waals surface area (Å²) in [5, 5.41) is 2.37. The fourth-order valence-electron chi connectivity index (χ4n) is 3.70. The highest BCUT2D eigenvalue weighted by Gasteiger charge is 2.37. The Morgan fingerprint density at radius 2 is 1.86 bits per heavy atom. The van der Waals surface area contributed by atoms with Crippen molar-refractivity contribution < 1.29 is 23.5 Å². The van der Waals surface area contributed by atoms with Gasteiger partial charge in [-0.2, -0.15) is 0 Å². The van der Waals surface area contributed by atoms with Crippen LogP contribution >= 0.6 is 27.5 Å². The highest BCUT2D eigenvalue weighted by molar-refractivity contribution is 9.10. The van der Waals surface area contributed by atoms with E-state index in [0.717, 1.165) is 16.0 Å². The molecule has 9 heteroatoms. The van der Waals surface area contributed by atoms with Gasteiger partial charge in [-0.05, 0) is 60.5 Å². The molecule has 1 aliphatic heterocycles. The third kappa shape index (κ3) is 5.28. The number of amides is 4. The number of carbonyl (C=O) groups excluding carboxylic acids is 3. The SMILES string of the molecule is CCOc1cc(/C=C2\C(=O)NC(=O)N(c3ccccc3Cl)C2=O)cc(Br)c1Cc1cccc(F)c1. The molecule has 0 spiro atoms. The lowest BCUT2D eigenvalue weighted by Crippen LogP contribution is -2.54. The van der Waals surface area contributed by atoms with Gasteiger partial charge in [-0.15, -0.1) is 0 Å². The van der Waals surface area contributed by atoms with Crippen LogP contribution in [0.2, 0.25) is 5.02 Å². The number of halogens is 3. The van der Waals surface area contributed by atoms with Gasteiger partial charge in [-0.1, -0.05) is 51.8 Å². The van der Waals surface area contributed by atoms with Crippen LogP contribution in [0.25, 0.3) is 6.08 Å². The summed E-state index contributed by atoms with van der Waals surface area (Å²) in [5.41, 5.74) is 1.96. The maximum absolute atomic E-state index is 13.7. The van der Waals surface area contributed by atoms with Gasteiger partial charge in [0.1, 0.15) is 17.1 Å². The van der Waals surface area contributed by atoms with E-state index in [2.05, 4.69) is 21.2 Å². The lowest BCUT2D eigenvalue weighted by atomic mass is 10.0. The fraction of sp³-hybridized carbons (Fsp3) is 0.115. The third-order valence-electron chi connectivity index (χ3n) is 5.25. The number of barbiturate groups is 1. The van der Waals surface area contributed by atoms with Gasteiger partial charge in [0.2, 0.25) is 0 Å². The molecule has 0 aliphatic carbocycles. The molecule has 0 bridgehead atoms. The molecular weight excluding hydrogens is 539 g/mol. The van der Waals surface area contributed by atoms with Crippen LogP contribution in [0.4, 0.5) is 14.9 Å². The summed E-state index contributed by atoms with van der Waals surface area (Å²) in [7, 11) is 0. The lowest BCUT2D eigenvalue weighted by Gasteiger charge is -2.27. The number of benzene rings is 3. The zero-order valence-corrected chi connectivity index (χ0v) is 20.8. The maximum atomic E-state index is 13.7. The van der Waals surface area contributed by atoms with E-state index in [9.17, 15) is 18.8 Å². The number of urea groups is 1. The smallest absolute Gasteiger partial charge is 0.335 e. The highest BCUT2D eigenvalue weighted by atomic mass is 79.9. The second-order valence-corrected chi connectivity index (χ2v) is 8.89. The number of rotatable bonds is 6. The molecule has 6 nitrogen and oxygen atoms in total. The summed E-state index contributed by atoms with van der Waals surface area (Å²) < 4.78 is 20.1. The Morgan fingerprint density at radius 1 is 1.09 bits per heavy atom. The van der Waals surface area contributed by atoms with Gasteiger partial charge in [0.15, 0.2) is 0 Å². The summed E-state index contributed by atoms with van der Waals surface area (Å²) in [4.78, 5) is 39.0. The highest BCUT2D eigenvalue weighted by Crippen LogP contribution is 2.33. The second-order valence-electron chi connectivity index (χ2n) is 7.63. The zero-order valence-electron chi connectivity index (χ0n) is 18.5. The van der Waals surface area contributed by atoms with Crippen molar-refractivity contribution in [3.63, 3.8) is 0 Å². The summed E-state index contributed by atoms with van der Waals surface area (Å²) in [5.74, 6) is -1.44. The number of nitrogens with one attached hydrogen (secondary N) is 1. The number of ether oxygens (including phenoxy) is 1. The normalized spacial score (nSPS) is 14.9. The van der Waals surface area contributed by atoms with E-state index >= 15 is 0 Å². The third-order valence-corrected chi connectivity index (χ3v) is 6.28. The number of imide groups is 2. The van der Waals surface area contributed by atoms with Crippen molar-refractivity contribution in [2.45, 2.75) is 13.3 Å². The van der Waals surface area contributed by atoms with Crippen LogP contribution in [-0.2, 0) is 16.0 Å². The van der Waals surface area contributed by atoms with E-state index in [1.54, 1.807) is 36.4 Å². The minimum atomic E-state index is -0.883. The number of nitrogens with zero attached hydrogens (tertiary/aromatic N) is 1. The van der Waals surface area contributed by atoms with Crippen molar-refractivity contribution in [3.8, 4) is 5.75 Å². The van der Waals surface area contributed by atoms with E-state index < -0.39 is 17.8 Å². The molecule has 0 atom stereocenters. The minimum absolute atomic E-state index is 0.164. The van der Waals surface area contributed by atoms with Crippen LogP contribution in [-0.4, -0.2) is 24.5 Å². The number of carbonyl (C=O) groups is 3. The molecule has 0 radical (unpaired) electrons. The second kappa shape index (κ2) is 10.4. The first-order chi connectivity index (χ1) is 16.8. The summed E-state index contributed by atoms with van der Waals surface area (Å²) in [6.45, 7) is 2.20. The van der Waals surface area contributed by atoms with Gasteiger partial charge in [-0.25, -0.2) is 14.1 Å². The molecule has 0 aromatic heterocycles. The zero-order chi connectivity index (χ0) is 25.1. The van der Waals surface area contributed by atoms with Gasteiger partial charge < -0.3 is 4.74 Å². The molecule has 4 amide bonds. The van der Waals surface area contributed by atoms with E-state index in [1.165, 1.54) is 24.3 Å². The number of anilines is 1. The maximum Gasteiger partial charge on any atom is 0.335 e. The molecule has 178 valence electrons. The van der Waals surface area contributed by atoms with Crippen molar-refractivity contribution >= 4 is 57.1 Å². The first kappa shape index (κ1) is 24.6. The fourth-order valence-corrected chi connectivity index (χ4v) is 4.52. The van der Waals surface area contributed by atoms with Crippen LogP contribution in [0.5, 0.6) is 5.75 Å². The molecule has 1 heterocycles. The average molecular weight is 558 g/mol. The molecule has 35 heavy (non-hydrogen) atoms. The molecule has 1 N–H and O–H groups in total. The van der Waals surface area contributed by atoms with Gasteiger partial charge in [0, 0.05) is 16.5 Å². The van der Waals surface area contributed by atoms with E-state index in [-0.39, 0.29) is 22.1 Å². The number of para-hydroxylation sites is 1. The first-order valence-corrected chi connectivity index (χ1v) is 11.8. The van der Waals surface area contributed by atoms with Crippen LogP contribution in [0.3, 0.4) is 0 Å². The summed E-state index contributed by atoms with van der Waals surface area (Å²) in [6.07, 6.45) is 1.78. The minimum Gasteiger partial charge on any atom is -0.494 e. The van der Waals surface area contributed by atoms with Crippen molar-refractivity contribution in [2.24, 2.45) is 0 Å². The van der Waals surface area contributed by atoms with Crippen LogP contribution in [0.1, 0.15) is 23.6 Å². The standard InChI is InChI=1S/C26H19BrClFN2O4/c1-2-35-23-14-16(13-20(27)18(23)11-15-6-5-7-17(29)10-15)12-19-24(32)30-26(34)31(25(19)33)22-9-4-3-8-21(22)28/h3-10,12-14H,2,11H2,1H3,(H,30,32,34)/b19-12+. The largest absolute Gasteiger partial charge is 0.494 e. The Labute approximate surface area is 214 Å². The molecule has 3 aromatic rings. The van der Waals surface area contributed by atoms with Crippen LogP contribution in [0, 0.1) is 5.82 Å². The number of hydrogen-bond acceptors (Lipinski definition) is 4. The Balaban J connectivity index is 1.73. The van der Waals surface area contributed by atoms with Gasteiger partial charge in [0.05, 0.1) is 17.3 Å². The van der Waals surface area contributed by atoms with E-state index in [1.807, 2.05) is 13.0 Å². The predicted octanol–water partition coefficient (Wildman–Crippen LogP) is 5.90. The van der Waals surface area contributed by atoms with Crippen molar-refractivity contribution in [1.29, 1.82) is 0 Å². The van der Waals surface area contributed by atoms with Gasteiger partial charge in [0.25, 0.3) is 11.8 Å². The number of hydrogen-bond donors (Lipinski definition) is 1. The van der Waals surface area contributed by atoms with E-state index in [0.29, 0.717) is 28.8 Å². The van der Waals surface area contributed by atoms with Crippen molar-refractivity contribution in [2.75, 3.05) is 11.5 Å². The molecule has 0 unspecified atom stereocenters. The molecule has 3 aromatic carbocycles. The van der Waals surface area contributed by atoms with Crippen molar-refractivity contribution in [1.82, 2.24) is 5.32 Å². The molecule has 0 saturated carbocycles. The topological polar surface area (TPSA) is 75.7 Å². The molecule has 4 rings (SSSR count). The average Bonchev–Trinajstić information content (AvgIpc) is 2.80. The van der Waals surface area contributed by atoms with Crippen LogP contribution in [0.15, 0.2) is 70.7 Å². The molecule has 1 fully saturated rings. The van der Waals surface area contributed by atoms with Gasteiger partial charge in [-0.3, -0.25) is 14.9 Å². The quantitative estimate of drug-likeness (QED) is 0.303. The van der Waals surface area contributed by atoms with Crippen LogP contribution < -0.4 is 15.0 Å². The summed E-state index contributed by atoms with van der Waals surface area (Å²) >= 11 is 9.71. The van der Waals surface area contributed by atoms with Crippen molar-refractivity contribution in [3.05, 3.63) is 98.2 Å². The monoisotopic (exact) mass is 556 g/mol. The van der Waals surface area contributed by atoms with E-state index in [4.69, 9.17) is 16.3 Å². The Bertz CT molecular complexity index is 1380. The lowest BCUT2D eigenvalue weighted by molar-refractivity contribution is -0.122. The molecular formula is C26H19BrClFN2O4. The molecule has 1 saturated heterocycles. The Morgan fingerprint density at radius 3 is 2.57 bits per heavy atom. The predicted molar refractivity (Wildman–Crippen MR) is 135 cm³/mol. The summed E-state index contributed by atoms with van der Waals surface area (Å²) in [6, 6.07) is 15.1. The Hall–Kier alpha value is -3.49. The molecule has 1 aliphatic rings. The van der Waals surface area contributed by atoms with Gasteiger partial charge >= 0.3 is 6.03 Å². The Kier molecular flexibility index (Phi) is 7.33. The first-order valence-electron chi connectivity index (χ1n) is 10.6.